The van der Waals surface area contributed by atoms with Crippen LogP contribution < -0.4 is 5.32 Å². The van der Waals surface area contributed by atoms with Gasteiger partial charge in [-0.25, -0.2) is 0 Å². The Bertz CT molecular complexity index is 1060. The zero-order chi connectivity index (χ0) is 23.0. The molecule has 0 atom stereocenters. The van der Waals surface area contributed by atoms with E-state index in [4.69, 9.17) is 0 Å². The number of para-hydroxylation sites is 1. The minimum Gasteiger partial charge on any atom is -0.325 e. The number of amides is 1. The van der Waals surface area contributed by atoms with E-state index in [1.807, 2.05) is 25.1 Å². The van der Waals surface area contributed by atoms with Crippen molar-refractivity contribution in [2.45, 2.75) is 57.8 Å². The largest absolute Gasteiger partial charge is 0.325 e. The molecular weight excluding hydrogens is 430 g/mol. The van der Waals surface area contributed by atoms with E-state index in [-0.39, 0.29) is 5.91 Å². The standard InChI is InChI=1S/C26H33N5OS/c1-3-22-14-10-11-20(2)25(22)27-24(32)19-33-26-29-28-23(18-30-15-8-5-9-16-30)31(26)17-21-12-6-4-7-13-21/h4,6-7,10-14H,3,5,8-9,15-19H2,1-2H3,(H,27,32). The molecule has 2 heterocycles. The Hall–Kier alpha value is -2.64. The van der Waals surface area contributed by atoms with E-state index in [2.05, 4.69) is 62.2 Å². The molecule has 1 amide bonds. The van der Waals surface area contributed by atoms with Crippen LogP contribution in [0.15, 0.2) is 53.7 Å². The number of aromatic nitrogens is 3. The SMILES string of the molecule is CCc1cccc(C)c1NC(=O)CSc1nnc(CN2CCCCC2)n1Cc1ccccc1. The first-order valence-electron chi connectivity index (χ1n) is 11.8. The number of carbonyl (C=O) groups excluding carboxylic acids is 1. The summed E-state index contributed by atoms with van der Waals surface area (Å²) in [6, 6.07) is 16.5. The number of carbonyl (C=O) groups is 1. The quantitative estimate of drug-likeness (QED) is 0.457. The second-order valence-electron chi connectivity index (χ2n) is 8.61. The fourth-order valence-electron chi connectivity index (χ4n) is 4.29. The van der Waals surface area contributed by atoms with Crippen molar-refractivity contribution in [1.29, 1.82) is 0 Å². The minimum absolute atomic E-state index is 0.0177. The molecule has 1 N–H and O–H groups in total. The summed E-state index contributed by atoms with van der Waals surface area (Å²) < 4.78 is 2.17. The molecule has 1 aliphatic rings. The van der Waals surface area contributed by atoms with Crippen LogP contribution in [-0.2, 0) is 24.3 Å². The third-order valence-electron chi connectivity index (χ3n) is 6.13. The van der Waals surface area contributed by atoms with Gasteiger partial charge in [-0.05, 0) is 56.0 Å². The van der Waals surface area contributed by atoms with Gasteiger partial charge in [0.1, 0.15) is 5.82 Å². The third-order valence-corrected chi connectivity index (χ3v) is 7.09. The van der Waals surface area contributed by atoms with Gasteiger partial charge in [-0.15, -0.1) is 10.2 Å². The molecule has 4 rings (SSSR count). The lowest BCUT2D eigenvalue weighted by molar-refractivity contribution is -0.113. The average molecular weight is 464 g/mol. The van der Waals surface area contributed by atoms with Crippen LogP contribution in [0.2, 0.25) is 0 Å². The molecule has 0 aliphatic carbocycles. The molecule has 0 bridgehead atoms. The van der Waals surface area contributed by atoms with Gasteiger partial charge in [0.15, 0.2) is 5.16 Å². The fourth-order valence-corrected chi connectivity index (χ4v) is 5.05. The highest BCUT2D eigenvalue weighted by Crippen LogP contribution is 2.24. The number of benzene rings is 2. The van der Waals surface area contributed by atoms with Gasteiger partial charge in [-0.2, -0.15) is 0 Å². The normalized spacial score (nSPS) is 14.4. The summed E-state index contributed by atoms with van der Waals surface area (Å²) in [5.41, 5.74) is 4.38. The van der Waals surface area contributed by atoms with Crippen molar-refractivity contribution in [3.8, 4) is 0 Å². The molecule has 174 valence electrons. The Morgan fingerprint density at radius 3 is 2.55 bits per heavy atom. The van der Waals surface area contributed by atoms with Gasteiger partial charge in [0, 0.05) is 5.69 Å². The van der Waals surface area contributed by atoms with Gasteiger partial charge in [0.25, 0.3) is 0 Å². The summed E-state index contributed by atoms with van der Waals surface area (Å²) in [7, 11) is 0. The number of hydrogen-bond donors (Lipinski definition) is 1. The van der Waals surface area contributed by atoms with Gasteiger partial charge in [0.2, 0.25) is 5.91 Å². The molecule has 0 unspecified atom stereocenters. The topological polar surface area (TPSA) is 63.1 Å². The maximum absolute atomic E-state index is 12.8. The maximum Gasteiger partial charge on any atom is 0.234 e. The van der Waals surface area contributed by atoms with Crippen LogP contribution in [0.5, 0.6) is 0 Å². The predicted molar refractivity (Wildman–Crippen MR) is 135 cm³/mol. The highest BCUT2D eigenvalue weighted by atomic mass is 32.2. The Morgan fingerprint density at radius 2 is 1.79 bits per heavy atom. The first kappa shape index (κ1) is 23.5. The second kappa shape index (κ2) is 11.5. The van der Waals surface area contributed by atoms with Crippen molar-refractivity contribution >= 4 is 23.4 Å². The first-order valence-corrected chi connectivity index (χ1v) is 12.8. The molecule has 1 saturated heterocycles. The lowest BCUT2D eigenvalue weighted by Gasteiger charge is -2.26. The highest BCUT2D eigenvalue weighted by molar-refractivity contribution is 7.99. The molecule has 7 heteroatoms. The molecule has 1 fully saturated rings. The van der Waals surface area contributed by atoms with Crippen LogP contribution >= 0.6 is 11.8 Å². The number of aryl methyl sites for hydroxylation is 2. The van der Waals surface area contributed by atoms with Crippen molar-refractivity contribution in [3.05, 3.63) is 71.0 Å². The van der Waals surface area contributed by atoms with Crippen LogP contribution in [0.25, 0.3) is 0 Å². The highest BCUT2D eigenvalue weighted by Gasteiger charge is 2.19. The minimum atomic E-state index is -0.0177. The van der Waals surface area contributed by atoms with Crippen molar-refractivity contribution in [1.82, 2.24) is 19.7 Å². The summed E-state index contributed by atoms with van der Waals surface area (Å²) in [5, 5.41) is 12.9. The number of thioether (sulfide) groups is 1. The van der Waals surface area contributed by atoms with E-state index in [0.717, 1.165) is 53.9 Å². The Morgan fingerprint density at radius 1 is 1.00 bits per heavy atom. The van der Waals surface area contributed by atoms with E-state index in [1.54, 1.807) is 0 Å². The second-order valence-corrected chi connectivity index (χ2v) is 9.55. The van der Waals surface area contributed by atoms with Crippen LogP contribution in [0.3, 0.4) is 0 Å². The van der Waals surface area contributed by atoms with Gasteiger partial charge in [0.05, 0.1) is 18.8 Å². The number of rotatable bonds is 9. The summed E-state index contributed by atoms with van der Waals surface area (Å²) in [6.45, 7) is 7.87. The molecule has 6 nitrogen and oxygen atoms in total. The first-order chi connectivity index (χ1) is 16.1. The number of likely N-dealkylation sites (tertiary alicyclic amines) is 1. The van der Waals surface area contributed by atoms with Crippen LogP contribution in [0.4, 0.5) is 5.69 Å². The number of piperidine rings is 1. The molecule has 33 heavy (non-hydrogen) atoms. The zero-order valence-electron chi connectivity index (χ0n) is 19.6. The lowest BCUT2D eigenvalue weighted by Crippen LogP contribution is -2.30. The van der Waals surface area contributed by atoms with Gasteiger partial charge in [-0.3, -0.25) is 9.69 Å². The van der Waals surface area contributed by atoms with E-state index in [0.29, 0.717) is 12.3 Å². The number of nitrogens with zero attached hydrogens (tertiary/aromatic N) is 4. The smallest absolute Gasteiger partial charge is 0.234 e. The van der Waals surface area contributed by atoms with Gasteiger partial charge in [-0.1, -0.05) is 73.6 Å². The van der Waals surface area contributed by atoms with Gasteiger partial charge >= 0.3 is 0 Å². The van der Waals surface area contributed by atoms with Crippen LogP contribution in [0, 0.1) is 6.92 Å². The maximum atomic E-state index is 12.8. The monoisotopic (exact) mass is 463 g/mol. The average Bonchev–Trinajstić information content (AvgIpc) is 3.21. The van der Waals surface area contributed by atoms with E-state index in [1.165, 1.54) is 36.6 Å². The fraction of sp³-hybridized carbons (Fsp3) is 0.423. The number of nitrogens with one attached hydrogen (secondary N) is 1. The number of hydrogen-bond acceptors (Lipinski definition) is 5. The Balaban J connectivity index is 1.47. The van der Waals surface area contributed by atoms with Crippen molar-refractivity contribution in [2.24, 2.45) is 0 Å². The predicted octanol–water partition coefficient (Wildman–Crippen LogP) is 4.91. The summed E-state index contributed by atoms with van der Waals surface area (Å²) in [6.07, 6.45) is 4.68. The third kappa shape index (κ3) is 6.24. The van der Waals surface area contributed by atoms with Crippen molar-refractivity contribution in [3.63, 3.8) is 0 Å². The molecule has 1 aliphatic heterocycles. The number of anilines is 1. The van der Waals surface area contributed by atoms with Crippen LogP contribution in [0.1, 0.15) is 48.7 Å². The van der Waals surface area contributed by atoms with E-state index in [9.17, 15) is 4.79 Å². The molecule has 3 aromatic rings. The van der Waals surface area contributed by atoms with Crippen molar-refractivity contribution < 1.29 is 4.79 Å². The molecule has 1 aromatic heterocycles. The zero-order valence-corrected chi connectivity index (χ0v) is 20.4. The summed E-state index contributed by atoms with van der Waals surface area (Å²) in [4.78, 5) is 15.3. The van der Waals surface area contributed by atoms with E-state index < -0.39 is 0 Å². The molecule has 0 radical (unpaired) electrons. The summed E-state index contributed by atoms with van der Waals surface area (Å²) >= 11 is 1.45. The lowest BCUT2D eigenvalue weighted by atomic mass is 10.1. The molecular formula is C26H33N5OS. The van der Waals surface area contributed by atoms with E-state index >= 15 is 0 Å². The Kier molecular flexibility index (Phi) is 8.18. The molecule has 2 aromatic carbocycles. The van der Waals surface area contributed by atoms with Gasteiger partial charge < -0.3 is 9.88 Å². The molecule has 0 saturated carbocycles. The Labute approximate surface area is 200 Å². The molecule has 0 spiro atoms. The van der Waals surface area contributed by atoms with Crippen LogP contribution in [-0.4, -0.2) is 44.4 Å². The summed E-state index contributed by atoms with van der Waals surface area (Å²) in [5.74, 6) is 1.25. The van der Waals surface area contributed by atoms with Crippen molar-refractivity contribution in [2.75, 3.05) is 24.2 Å².